The van der Waals surface area contributed by atoms with Gasteiger partial charge in [-0.3, -0.25) is 4.99 Å². The van der Waals surface area contributed by atoms with E-state index in [1.807, 2.05) is 26.1 Å². The molecule has 1 aromatic heterocycles. The summed E-state index contributed by atoms with van der Waals surface area (Å²) in [5.74, 6) is 1.54. The maximum absolute atomic E-state index is 5.40. The fourth-order valence-electron chi connectivity index (χ4n) is 2.43. The Kier molecular flexibility index (Phi) is 8.41. The molecule has 5 nitrogen and oxygen atoms in total. The number of nitrogens with one attached hydrogen (secondary N) is 2. The maximum atomic E-state index is 5.40. The van der Waals surface area contributed by atoms with Gasteiger partial charge < -0.3 is 15.4 Å². The van der Waals surface area contributed by atoms with Gasteiger partial charge in [-0.25, -0.2) is 4.98 Å². The van der Waals surface area contributed by atoms with Crippen LogP contribution in [0.15, 0.2) is 23.3 Å². The van der Waals surface area contributed by atoms with E-state index in [-0.39, 0.29) is 24.0 Å². The molecule has 0 aromatic carbocycles. The number of pyridine rings is 1. The number of guanidine groups is 1. The number of ether oxygens (including phenoxy) is 1. The van der Waals surface area contributed by atoms with Gasteiger partial charge in [-0.2, -0.15) is 0 Å². The van der Waals surface area contributed by atoms with E-state index >= 15 is 0 Å². The molecule has 0 radical (unpaired) electrons. The van der Waals surface area contributed by atoms with Crippen LogP contribution < -0.4 is 15.4 Å². The molecule has 0 atom stereocenters. The lowest BCUT2D eigenvalue weighted by Gasteiger charge is -2.17. The number of halogens is 1. The summed E-state index contributed by atoms with van der Waals surface area (Å²) in [6, 6.07) is 4.51. The first-order valence-electron chi connectivity index (χ1n) is 7.36. The standard InChI is InChI=1S/C15H24N4O.HI/c1-3-20-14-10-12(8-9-17-14)11-18-15(16-2)19-13-6-4-5-7-13;/h8-10,13H,3-7,11H2,1-2H3,(H2,16,18,19);1H. The van der Waals surface area contributed by atoms with Gasteiger partial charge in [-0.15, -0.1) is 24.0 Å². The molecule has 0 spiro atoms. The summed E-state index contributed by atoms with van der Waals surface area (Å²) < 4.78 is 5.40. The average molecular weight is 404 g/mol. The predicted octanol–water partition coefficient (Wildman–Crippen LogP) is 2.71. The van der Waals surface area contributed by atoms with E-state index in [0.717, 1.165) is 18.1 Å². The van der Waals surface area contributed by atoms with Gasteiger partial charge in [0.1, 0.15) is 0 Å². The van der Waals surface area contributed by atoms with Gasteiger partial charge in [0.05, 0.1) is 6.61 Å². The summed E-state index contributed by atoms with van der Waals surface area (Å²) in [6.07, 6.45) is 6.89. The second kappa shape index (κ2) is 9.81. The molecule has 6 heteroatoms. The number of nitrogens with zero attached hydrogens (tertiary/aromatic N) is 2. The SMILES string of the molecule is CCOc1cc(CNC(=NC)NC2CCCC2)ccn1.I. The average Bonchev–Trinajstić information content (AvgIpc) is 2.97. The zero-order valence-electron chi connectivity index (χ0n) is 12.8. The summed E-state index contributed by atoms with van der Waals surface area (Å²) in [7, 11) is 1.81. The maximum Gasteiger partial charge on any atom is 0.213 e. The molecule has 1 aromatic rings. The van der Waals surface area contributed by atoms with Gasteiger partial charge >= 0.3 is 0 Å². The molecular formula is C15H25IN4O. The third-order valence-corrected chi connectivity index (χ3v) is 3.47. The van der Waals surface area contributed by atoms with Crippen molar-refractivity contribution in [3.05, 3.63) is 23.9 Å². The normalized spacial score (nSPS) is 15.4. The van der Waals surface area contributed by atoms with Crippen LogP contribution in [-0.4, -0.2) is 30.6 Å². The van der Waals surface area contributed by atoms with Crippen LogP contribution in [0.25, 0.3) is 0 Å². The number of aromatic nitrogens is 1. The molecule has 1 aliphatic carbocycles. The van der Waals surface area contributed by atoms with Crippen molar-refractivity contribution in [1.82, 2.24) is 15.6 Å². The summed E-state index contributed by atoms with van der Waals surface area (Å²) >= 11 is 0. The van der Waals surface area contributed by atoms with E-state index in [4.69, 9.17) is 4.74 Å². The molecule has 0 saturated heterocycles. The van der Waals surface area contributed by atoms with Gasteiger partial charge in [0.15, 0.2) is 5.96 Å². The molecule has 2 N–H and O–H groups in total. The Labute approximate surface area is 144 Å². The van der Waals surface area contributed by atoms with Crippen molar-refractivity contribution in [2.45, 2.75) is 45.2 Å². The van der Waals surface area contributed by atoms with Crippen molar-refractivity contribution in [2.24, 2.45) is 4.99 Å². The predicted molar refractivity (Wildman–Crippen MR) is 96.4 cm³/mol. The lowest BCUT2D eigenvalue weighted by Crippen LogP contribution is -2.41. The van der Waals surface area contributed by atoms with Crippen molar-refractivity contribution < 1.29 is 4.74 Å². The molecule has 0 aliphatic heterocycles. The quantitative estimate of drug-likeness (QED) is 0.450. The molecule has 0 unspecified atom stereocenters. The van der Waals surface area contributed by atoms with Crippen LogP contribution in [-0.2, 0) is 6.54 Å². The lowest BCUT2D eigenvalue weighted by molar-refractivity contribution is 0.326. The molecule has 1 fully saturated rings. The summed E-state index contributed by atoms with van der Waals surface area (Å²) in [4.78, 5) is 8.44. The summed E-state index contributed by atoms with van der Waals surface area (Å²) in [5.41, 5.74) is 1.14. The van der Waals surface area contributed by atoms with Gasteiger partial charge in [-0.1, -0.05) is 12.8 Å². The van der Waals surface area contributed by atoms with Crippen LogP contribution >= 0.6 is 24.0 Å². The van der Waals surface area contributed by atoms with Crippen molar-refractivity contribution in [3.63, 3.8) is 0 Å². The van der Waals surface area contributed by atoms with Crippen LogP contribution in [0.3, 0.4) is 0 Å². The zero-order chi connectivity index (χ0) is 14.2. The molecule has 1 saturated carbocycles. The molecular weight excluding hydrogens is 379 g/mol. The number of hydrogen-bond acceptors (Lipinski definition) is 3. The van der Waals surface area contributed by atoms with E-state index in [0.29, 0.717) is 18.5 Å². The second-order valence-electron chi connectivity index (χ2n) is 4.99. The topological polar surface area (TPSA) is 58.5 Å². The number of hydrogen-bond donors (Lipinski definition) is 2. The van der Waals surface area contributed by atoms with Gasteiger partial charge in [0, 0.05) is 31.9 Å². The monoisotopic (exact) mass is 404 g/mol. The van der Waals surface area contributed by atoms with Crippen molar-refractivity contribution >= 4 is 29.9 Å². The van der Waals surface area contributed by atoms with Crippen LogP contribution in [0.2, 0.25) is 0 Å². The van der Waals surface area contributed by atoms with Crippen LogP contribution in [0.5, 0.6) is 5.88 Å². The largest absolute Gasteiger partial charge is 0.478 e. The minimum Gasteiger partial charge on any atom is -0.478 e. The highest BCUT2D eigenvalue weighted by atomic mass is 127. The Morgan fingerprint density at radius 3 is 2.86 bits per heavy atom. The lowest BCUT2D eigenvalue weighted by atomic mass is 10.2. The zero-order valence-corrected chi connectivity index (χ0v) is 15.1. The minimum absolute atomic E-state index is 0. The van der Waals surface area contributed by atoms with Crippen molar-refractivity contribution in [3.8, 4) is 5.88 Å². The van der Waals surface area contributed by atoms with Crippen LogP contribution in [0, 0.1) is 0 Å². The first-order chi connectivity index (χ1) is 9.81. The highest BCUT2D eigenvalue weighted by Gasteiger charge is 2.15. The number of rotatable bonds is 5. The van der Waals surface area contributed by atoms with Crippen molar-refractivity contribution in [1.29, 1.82) is 0 Å². The summed E-state index contributed by atoms with van der Waals surface area (Å²) in [6.45, 7) is 3.31. The molecule has 1 aliphatic rings. The Hall–Kier alpha value is -1.05. The first kappa shape index (κ1) is 18.0. The fourth-order valence-corrected chi connectivity index (χ4v) is 2.43. The van der Waals surface area contributed by atoms with Crippen LogP contribution in [0.1, 0.15) is 38.2 Å². The van der Waals surface area contributed by atoms with Crippen molar-refractivity contribution in [2.75, 3.05) is 13.7 Å². The highest BCUT2D eigenvalue weighted by molar-refractivity contribution is 14.0. The molecule has 2 rings (SSSR count). The second-order valence-corrected chi connectivity index (χ2v) is 4.99. The Balaban J connectivity index is 0.00000220. The van der Waals surface area contributed by atoms with E-state index in [9.17, 15) is 0 Å². The smallest absolute Gasteiger partial charge is 0.213 e. The van der Waals surface area contributed by atoms with Gasteiger partial charge in [0.2, 0.25) is 5.88 Å². The minimum atomic E-state index is 0. The van der Waals surface area contributed by atoms with Crippen LogP contribution in [0.4, 0.5) is 0 Å². The third-order valence-electron chi connectivity index (χ3n) is 3.47. The van der Waals surface area contributed by atoms with E-state index in [1.54, 1.807) is 6.20 Å². The van der Waals surface area contributed by atoms with E-state index < -0.39 is 0 Å². The molecule has 0 amide bonds. The Morgan fingerprint density at radius 2 is 2.19 bits per heavy atom. The first-order valence-corrected chi connectivity index (χ1v) is 7.36. The van der Waals surface area contributed by atoms with E-state index in [2.05, 4.69) is 20.6 Å². The molecule has 118 valence electrons. The van der Waals surface area contributed by atoms with E-state index in [1.165, 1.54) is 25.7 Å². The highest BCUT2D eigenvalue weighted by Crippen LogP contribution is 2.17. The molecule has 0 bridgehead atoms. The number of aliphatic imine (C=N–C) groups is 1. The Bertz CT molecular complexity index is 447. The van der Waals surface area contributed by atoms with Gasteiger partial charge in [0.25, 0.3) is 0 Å². The van der Waals surface area contributed by atoms with Gasteiger partial charge in [-0.05, 0) is 31.4 Å². The summed E-state index contributed by atoms with van der Waals surface area (Å²) in [5, 5.41) is 6.81. The molecule has 1 heterocycles. The third kappa shape index (κ3) is 6.07. The fraction of sp³-hybridized carbons (Fsp3) is 0.600. The Morgan fingerprint density at radius 1 is 1.43 bits per heavy atom. The molecule has 21 heavy (non-hydrogen) atoms.